The Morgan fingerprint density at radius 1 is 1.03 bits per heavy atom. The van der Waals surface area contributed by atoms with E-state index >= 15 is 0 Å². The van der Waals surface area contributed by atoms with Gasteiger partial charge in [-0.15, -0.1) is 0 Å². The van der Waals surface area contributed by atoms with Crippen LogP contribution in [0.4, 0.5) is 0 Å². The minimum atomic E-state index is -0.434. The second-order valence-corrected chi connectivity index (χ2v) is 6.81. The molecule has 6 heteroatoms. The highest BCUT2D eigenvalue weighted by atomic mass is 16.5. The molecule has 148 valence electrons. The minimum Gasteiger partial charge on any atom is -0.485 e. The number of hydrogen-bond acceptors (Lipinski definition) is 5. The number of carbonyl (C=O) groups is 2. The predicted octanol–water partition coefficient (Wildman–Crippen LogP) is 4.97. The Morgan fingerprint density at radius 2 is 1.79 bits per heavy atom. The molecule has 4 rings (SSSR count). The third kappa shape index (κ3) is 3.38. The van der Waals surface area contributed by atoms with Gasteiger partial charge in [-0.05, 0) is 50.6 Å². The van der Waals surface area contributed by atoms with Crippen molar-refractivity contribution in [3.63, 3.8) is 0 Å². The number of fused-ring (bicyclic) bond motifs is 3. The first-order valence-electron chi connectivity index (χ1n) is 9.43. The number of aromatic amines is 1. The number of carbonyl (C=O) groups excluding carboxylic acids is 2. The van der Waals surface area contributed by atoms with Crippen LogP contribution in [-0.2, 0) is 4.74 Å². The topological polar surface area (TPSA) is 81.5 Å². The van der Waals surface area contributed by atoms with E-state index in [2.05, 4.69) is 4.98 Å². The maximum Gasteiger partial charge on any atom is 0.340 e. The molecule has 0 bridgehead atoms. The summed E-state index contributed by atoms with van der Waals surface area (Å²) in [6, 6.07) is 13.2. The molecular formula is C23H21NO5. The van der Waals surface area contributed by atoms with Crippen molar-refractivity contribution in [2.24, 2.45) is 0 Å². The van der Waals surface area contributed by atoms with Crippen molar-refractivity contribution < 1.29 is 23.5 Å². The number of ketones is 1. The van der Waals surface area contributed by atoms with E-state index < -0.39 is 5.97 Å². The van der Waals surface area contributed by atoms with Crippen molar-refractivity contribution in [2.75, 3.05) is 13.2 Å². The summed E-state index contributed by atoms with van der Waals surface area (Å²) >= 11 is 0. The van der Waals surface area contributed by atoms with Crippen LogP contribution in [0.15, 0.2) is 46.9 Å². The number of Topliss-reactive ketones (excluding diaryl/α,β-unsaturated/α-hetero) is 1. The zero-order valence-corrected chi connectivity index (χ0v) is 16.5. The van der Waals surface area contributed by atoms with Gasteiger partial charge in [0.15, 0.2) is 6.61 Å². The van der Waals surface area contributed by atoms with Crippen LogP contribution in [0.3, 0.4) is 0 Å². The molecule has 0 atom stereocenters. The van der Waals surface area contributed by atoms with Crippen molar-refractivity contribution in [1.29, 1.82) is 0 Å². The van der Waals surface area contributed by atoms with E-state index in [-0.39, 0.29) is 19.0 Å². The van der Waals surface area contributed by atoms with Gasteiger partial charge in [-0.2, -0.15) is 0 Å². The number of furan rings is 1. The zero-order chi connectivity index (χ0) is 20.5. The molecule has 0 radical (unpaired) electrons. The molecule has 0 spiro atoms. The number of ether oxygens (including phenoxy) is 2. The van der Waals surface area contributed by atoms with E-state index in [4.69, 9.17) is 13.9 Å². The SMILES string of the molecule is CCOC(=O)c1c(C)[nH]c(C(=O)COc2ccc3oc4ccccc4c3c2)c1C. The molecule has 0 saturated carbocycles. The summed E-state index contributed by atoms with van der Waals surface area (Å²) in [6.45, 7) is 5.35. The highest BCUT2D eigenvalue weighted by Crippen LogP contribution is 2.31. The lowest BCUT2D eigenvalue weighted by Crippen LogP contribution is -2.13. The molecule has 2 aromatic heterocycles. The number of hydrogen-bond donors (Lipinski definition) is 1. The average Bonchev–Trinajstić information content (AvgIpc) is 3.22. The molecule has 0 fully saturated rings. The average molecular weight is 391 g/mol. The van der Waals surface area contributed by atoms with Gasteiger partial charge in [0, 0.05) is 16.5 Å². The van der Waals surface area contributed by atoms with Crippen LogP contribution in [0.25, 0.3) is 21.9 Å². The summed E-state index contributed by atoms with van der Waals surface area (Å²) in [5.74, 6) is -0.0988. The predicted molar refractivity (Wildman–Crippen MR) is 110 cm³/mol. The summed E-state index contributed by atoms with van der Waals surface area (Å²) in [5, 5.41) is 1.93. The Morgan fingerprint density at radius 3 is 2.59 bits per heavy atom. The van der Waals surface area contributed by atoms with Crippen LogP contribution < -0.4 is 4.74 Å². The van der Waals surface area contributed by atoms with Crippen LogP contribution in [0.5, 0.6) is 5.75 Å². The third-order valence-corrected chi connectivity index (χ3v) is 4.91. The minimum absolute atomic E-state index is 0.148. The highest BCUT2D eigenvalue weighted by molar-refractivity contribution is 6.05. The third-order valence-electron chi connectivity index (χ3n) is 4.91. The molecule has 6 nitrogen and oxygen atoms in total. The molecule has 0 saturated heterocycles. The van der Waals surface area contributed by atoms with Crippen molar-refractivity contribution in [3.05, 3.63) is 65.0 Å². The van der Waals surface area contributed by atoms with Gasteiger partial charge >= 0.3 is 5.97 Å². The Bertz CT molecular complexity index is 1230. The summed E-state index contributed by atoms with van der Waals surface area (Å²) in [4.78, 5) is 27.8. The van der Waals surface area contributed by atoms with Gasteiger partial charge in [0.2, 0.25) is 5.78 Å². The van der Waals surface area contributed by atoms with Crippen LogP contribution in [0.1, 0.15) is 39.0 Å². The number of para-hydroxylation sites is 1. The molecule has 29 heavy (non-hydrogen) atoms. The first kappa shape index (κ1) is 18.8. The zero-order valence-electron chi connectivity index (χ0n) is 16.5. The monoisotopic (exact) mass is 391 g/mol. The van der Waals surface area contributed by atoms with Gasteiger partial charge < -0.3 is 18.9 Å². The van der Waals surface area contributed by atoms with E-state index in [1.54, 1.807) is 26.8 Å². The molecule has 0 aliphatic rings. The molecule has 0 amide bonds. The standard InChI is InChI=1S/C23H21NO5/c1-4-27-23(26)21-13(2)22(24-14(21)3)18(25)12-28-15-9-10-20-17(11-15)16-7-5-6-8-19(16)29-20/h5-11,24H,4,12H2,1-3H3. The Balaban J connectivity index is 1.55. The van der Waals surface area contributed by atoms with Crippen LogP contribution in [-0.4, -0.2) is 30.0 Å². The molecule has 0 unspecified atom stereocenters. The number of nitrogens with one attached hydrogen (secondary N) is 1. The van der Waals surface area contributed by atoms with Crippen molar-refractivity contribution in [1.82, 2.24) is 4.98 Å². The van der Waals surface area contributed by atoms with E-state index in [9.17, 15) is 9.59 Å². The van der Waals surface area contributed by atoms with E-state index in [1.165, 1.54) is 0 Å². The number of H-pyrrole nitrogens is 1. The van der Waals surface area contributed by atoms with Gasteiger partial charge in [0.05, 0.1) is 17.9 Å². The number of esters is 1. The lowest BCUT2D eigenvalue weighted by Gasteiger charge is -2.06. The van der Waals surface area contributed by atoms with Crippen LogP contribution >= 0.6 is 0 Å². The van der Waals surface area contributed by atoms with Crippen LogP contribution in [0.2, 0.25) is 0 Å². The fourth-order valence-corrected chi connectivity index (χ4v) is 3.55. The van der Waals surface area contributed by atoms with E-state index in [0.29, 0.717) is 28.3 Å². The van der Waals surface area contributed by atoms with Gasteiger partial charge in [-0.1, -0.05) is 18.2 Å². The van der Waals surface area contributed by atoms with E-state index in [1.807, 2.05) is 36.4 Å². The normalized spacial score (nSPS) is 11.1. The largest absolute Gasteiger partial charge is 0.485 e. The Hall–Kier alpha value is -3.54. The fraction of sp³-hybridized carbons (Fsp3) is 0.217. The Labute approximate surface area is 167 Å². The lowest BCUT2D eigenvalue weighted by atomic mass is 10.1. The van der Waals surface area contributed by atoms with Gasteiger partial charge in [-0.25, -0.2) is 4.79 Å². The number of rotatable bonds is 6. The summed E-state index contributed by atoms with van der Waals surface area (Å²) in [6.07, 6.45) is 0. The quantitative estimate of drug-likeness (QED) is 0.371. The Kier molecular flexibility index (Phi) is 4.84. The molecule has 1 N–H and O–H groups in total. The van der Waals surface area contributed by atoms with E-state index in [0.717, 1.165) is 21.9 Å². The summed E-state index contributed by atoms with van der Waals surface area (Å²) in [7, 11) is 0. The van der Waals surface area contributed by atoms with Gasteiger partial charge in [0.25, 0.3) is 0 Å². The number of aryl methyl sites for hydroxylation is 1. The molecule has 0 aliphatic carbocycles. The van der Waals surface area contributed by atoms with Crippen molar-refractivity contribution >= 4 is 33.7 Å². The molecule has 0 aliphatic heterocycles. The maximum absolute atomic E-state index is 12.7. The first-order chi connectivity index (χ1) is 14.0. The molecule has 2 heterocycles. The summed E-state index contributed by atoms with van der Waals surface area (Å²) < 4.78 is 16.6. The highest BCUT2D eigenvalue weighted by Gasteiger charge is 2.23. The maximum atomic E-state index is 12.7. The number of aromatic nitrogens is 1. The second kappa shape index (κ2) is 7.47. The summed E-state index contributed by atoms with van der Waals surface area (Å²) in [5.41, 5.74) is 3.52. The fourth-order valence-electron chi connectivity index (χ4n) is 3.55. The van der Waals surface area contributed by atoms with Crippen molar-refractivity contribution in [3.8, 4) is 5.75 Å². The number of benzene rings is 2. The lowest BCUT2D eigenvalue weighted by molar-refractivity contribution is 0.0525. The second-order valence-electron chi connectivity index (χ2n) is 6.81. The smallest absolute Gasteiger partial charge is 0.340 e. The van der Waals surface area contributed by atoms with Crippen LogP contribution in [0, 0.1) is 13.8 Å². The molecule has 2 aromatic carbocycles. The van der Waals surface area contributed by atoms with Crippen molar-refractivity contribution in [2.45, 2.75) is 20.8 Å². The molecular weight excluding hydrogens is 370 g/mol. The van der Waals surface area contributed by atoms with Gasteiger partial charge in [0.1, 0.15) is 16.9 Å². The molecule has 4 aromatic rings. The van der Waals surface area contributed by atoms with Gasteiger partial charge in [-0.3, -0.25) is 4.79 Å². The first-order valence-corrected chi connectivity index (χ1v) is 9.43.